The fourth-order valence-corrected chi connectivity index (χ4v) is 3.35. The summed E-state index contributed by atoms with van der Waals surface area (Å²) in [6.45, 7) is 3.88. The molecule has 2 nitrogen and oxygen atoms in total. The number of hydrogen-bond donors (Lipinski definition) is 1. The smallest absolute Gasteiger partial charge is 0.123 e. The van der Waals surface area contributed by atoms with E-state index in [2.05, 4.69) is 4.90 Å². The Balaban J connectivity index is 1.94. The summed E-state index contributed by atoms with van der Waals surface area (Å²) in [5.74, 6) is 0.381. The van der Waals surface area contributed by atoms with Crippen LogP contribution in [0.25, 0.3) is 0 Å². The molecule has 2 aliphatic rings. The highest BCUT2D eigenvalue weighted by Crippen LogP contribution is 2.44. The zero-order valence-electron chi connectivity index (χ0n) is 10.9. The van der Waals surface area contributed by atoms with Crippen LogP contribution in [0.3, 0.4) is 0 Å². The van der Waals surface area contributed by atoms with Crippen molar-refractivity contribution in [2.45, 2.75) is 38.3 Å². The summed E-state index contributed by atoms with van der Waals surface area (Å²) in [6.07, 6.45) is 3.80. The minimum atomic E-state index is -0.142. The number of aryl methyl sites for hydroxylation is 1. The highest BCUT2D eigenvalue weighted by Gasteiger charge is 2.42. The molecular weight excluding hydrogens is 227 g/mol. The molecule has 0 bridgehead atoms. The van der Waals surface area contributed by atoms with Gasteiger partial charge in [0.2, 0.25) is 0 Å². The van der Waals surface area contributed by atoms with Crippen LogP contribution in [0, 0.1) is 18.7 Å². The maximum atomic E-state index is 13.2. The van der Waals surface area contributed by atoms with Gasteiger partial charge in [0.1, 0.15) is 5.82 Å². The maximum absolute atomic E-state index is 13.2. The van der Waals surface area contributed by atoms with Crippen LogP contribution in [0.2, 0.25) is 0 Å². The number of benzene rings is 1. The fraction of sp³-hybridized carbons (Fsp3) is 0.600. The summed E-state index contributed by atoms with van der Waals surface area (Å²) in [6, 6.07) is 6.34. The molecule has 2 unspecified atom stereocenters. The second-order valence-electron chi connectivity index (χ2n) is 5.70. The number of hydrogen-bond acceptors (Lipinski definition) is 2. The molecule has 1 saturated carbocycles. The van der Waals surface area contributed by atoms with E-state index in [1.54, 1.807) is 12.1 Å². The van der Waals surface area contributed by atoms with E-state index in [1.165, 1.54) is 24.8 Å². The van der Waals surface area contributed by atoms with E-state index in [0.717, 1.165) is 24.7 Å². The summed E-state index contributed by atoms with van der Waals surface area (Å²) in [4.78, 5) is 2.60. The van der Waals surface area contributed by atoms with E-state index >= 15 is 0 Å². The zero-order chi connectivity index (χ0) is 12.7. The second-order valence-corrected chi connectivity index (χ2v) is 5.70. The number of nitrogens with zero attached hydrogens (tertiary/aromatic N) is 1. The minimum absolute atomic E-state index is 0.142. The van der Waals surface area contributed by atoms with Crippen molar-refractivity contribution in [1.82, 2.24) is 4.90 Å². The number of nitrogens with two attached hydrogens (primary N) is 1. The topological polar surface area (TPSA) is 29.3 Å². The highest BCUT2D eigenvalue weighted by atomic mass is 19.1. The number of rotatable bonds is 3. The van der Waals surface area contributed by atoms with Crippen molar-refractivity contribution in [1.29, 1.82) is 0 Å². The predicted molar refractivity (Wildman–Crippen MR) is 70.8 cm³/mol. The molecule has 0 amide bonds. The average Bonchev–Trinajstić information content (AvgIpc) is 3.10. The minimum Gasteiger partial charge on any atom is -0.330 e. The Bertz CT molecular complexity index is 442. The molecule has 18 heavy (non-hydrogen) atoms. The van der Waals surface area contributed by atoms with E-state index in [0.29, 0.717) is 12.0 Å². The van der Waals surface area contributed by atoms with E-state index in [9.17, 15) is 4.39 Å². The lowest BCUT2D eigenvalue weighted by atomic mass is 9.91. The van der Waals surface area contributed by atoms with Crippen LogP contribution in [-0.4, -0.2) is 24.0 Å². The van der Waals surface area contributed by atoms with Gasteiger partial charge in [-0.1, -0.05) is 6.07 Å². The summed E-state index contributed by atoms with van der Waals surface area (Å²) >= 11 is 0. The molecule has 2 fully saturated rings. The first-order valence-corrected chi connectivity index (χ1v) is 6.92. The van der Waals surface area contributed by atoms with E-state index < -0.39 is 0 Å². The largest absolute Gasteiger partial charge is 0.330 e. The predicted octanol–water partition coefficient (Wildman–Crippen LogP) is 2.62. The van der Waals surface area contributed by atoms with Crippen molar-refractivity contribution < 1.29 is 4.39 Å². The van der Waals surface area contributed by atoms with Crippen molar-refractivity contribution in [2.24, 2.45) is 11.7 Å². The Labute approximate surface area is 108 Å². The average molecular weight is 248 g/mol. The van der Waals surface area contributed by atoms with E-state index in [4.69, 9.17) is 5.73 Å². The molecule has 0 spiro atoms. The highest BCUT2D eigenvalue weighted by molar-refractivity contribution is 5.31. The van der Waals surface area contributed by atoms with Gasteiger partial charge in [0.25, 0.3) is 0 Å². The summed E-state index contributed by atoms with van der Waals surface area (Å²) in [5.41, 5.74) is 8.26. The van der Waals surface area contributed by atoms with Crippen LogP contribution < -0.4 is 5.73 Å². The van der Waals surface area contributed by atoms with Gasteiger partial charge >= 0.3 is 0 Å². The van der Waals surface area contributed by atoms with Gasteiger partial charge in [-0.3, -0.25) is 4.90 Å². The van der Waals surface area contributed by atoms with Gasteiger partial charge in [-0.05, 0) is 68.5 Å². The first-order chi connectivity index (χ1) is 8.70. The molecule has 1 aliphatic heterocycles. The van der Waals surface area contributed by atoms with Gasteiger partial charge in [0.05, 0.1) is 0 Å². The summed E-state index contributed by atoms with van der Waals surface area (Å²) in [7, 11) is 0. The fourth-order valence-electron chi connectivity index (χ4n) is 3.35. The Morgan fingerprint density at radius 2 is 2.11 bits per heavy atom. The Hall–Kier alpha value is -0.930. The Morgan fingerprint density at radius 1 is 1.33 bits per heavy atom. The van der Waals surface area contributed by atoms with Crippen LogP contribution >= 0.6 is 0 Å². The first-order valence-electron chi connectivity index (χ1n) is 6.92. The first kappa shape index (κ1) is 12.1. The van der Waals surface area contributed by atoms with Crippen LogP contribution in [0.4, 0.5) is 4.39 Å². The van der Waals surface area contributed by atoms with Crippen LogP contribution in [0.5, 0.6) is 0 Å². The monoisotopic (exact) mass is 248 g/mol. The molecule has 3 heteroatoms. The molecule has 0 aromatic heterocycles. The van der Waals surface area contributed by atoms with Crippen molar-refractivity contribution in [3.05, 3.63) is 35.1 Å². The van der Waals surface area contributed by atoms with Gasteiger partial charge in [-0.25, -0.2) is 4.39 Å². The standard InChI is InChI=1S/C15H21FN2/c1-10-8-12(16)2-5-14(10)15-11(9-17)6-7-18(15)13-3-4-13/h2,5,8,11,13,15H,3-4,6-7,9,17H2,1H3. The summed E-state index contributed by atoms with van der Waals surface area (Å²) < 4.78 is 13.2. The Kier molecular flexibility index (Phi) is 3.12. The molecule has 1 aromatic carbocycles. The van der Waals surface area contributed by atoms with Crippen molar-refractivity contribution >= 4 is 0 Å². The molecule has 98 valence electrons. The van der Waals surface area contributed by atoms with E-state index in [1.807, 2.05) is 13.0 Å². The molecule has 0 radical (unpaired) electrons. The van der Waals surface area contributed by atoms with Gasteiger partial charge < -0.3 is 5.73 Å². The van der Waals surface area contributed by atoms with Crippen molar-refractivity contribution in [2.75, 3.05) is 13.1 Å². The SMILES string of the molecule is Cc1cc(F)ccc1C1C(CN)CCN1C1CC1. The van der Waals surface area contributed by atoms with Gasteiger partial charge in [-0.15, -0.1) is 0 Å². The lowest BCUT2D eigenvalue weighted by molar-refractivity contribution is 0.219. The number of likely N-dealkylation sites (tertiary alicyclic amines) is 1. The second kappa shape index (κ2) is 4.63. The van der Waals surface area contributed by atoms with Crippen LogP contribution in [0.1, 0.15) is 36.4 Å². The lowest BCUT2D eigenvalue weighted by Gasteiger charge is -2.29. The van der Waals surface area contributed by atoms with Gasteiger partial charge in [-0.2, -0.15) is 0 Å². The quantitative estimate of drug-likeness (QED) is 0.891. The third-order valence-corrected chi connectivity index (χ3v) is 4.43. The van der Waals surface area contributed by atoms with Crippen molar-refractivity contribution in [3.8, 4) is 0 Å². The molecule has 1 aromatic rings. The normalized spacial score (nSPS) is 28.8. The summed E-state index contributed by atoms with van der Waals surface area (Å²) in [5, 5.41) is 0. The lowest BCUT2D eigenvalue weighted by Crippen LogP contribution is -2.30. The molecule has 2 atom stereocenters. The molecule has 1 heterocycles. The third kappa shape index (κ3) is 2.06. The van der Waals surface area contributed by atoms with Gasteiger partial charge in [0.15, 0.2) is 0 Å². The maximum Gasteiger partial charge on any atom is 0.123 e. The van der Waals surface area contributed by atoms with Crippen molar-refractivity contribution in [3.63, 3.8) is 0 Å². The number of halogens is 1. The van der Waals surface area contributed by atoms with Crippen LogP contribution in [-0.2, 0) is 0 Å². The van der Waals surface area contributed by atoms with E-state index in [-0.39, 0.29) is 5.82 Å². The third-order valence-electron chi connectivity index (χ3n) is 4.43. The molecule has 1 aliphatic carbocycles. The molecule has 1 saturated heterocycles. The zero-order valence-corrected chi connectivity index (χ0v) is 10.9. The molecular formula is C15H21FN2. The Morgan fingerprint density at radius 3 is 2.72 bits per heavy atom. The van der Waals surface area contributed by atoms with Crippen LogP contribution in [0.15, 0.2) is 18.2 Å². The molecule has 3 rings (SSSR count). The van der Waals surface area contributed by atoms with Gasteiger partial charge in [0, 0.05) is 12.1 Å². The molecule has 2 N–H and O–H groups in total.